The van der Waals surface area contributed by atoms with Gasteiger partial charge in [0.25, 0.3) is 0 Å². The predicted octanol–water partition coefficient (Wildman–Crippen LogP) is 2.31. The quantitative estimate of drug-likeness (QED) is 0.908. The molecule has 5 heteroatoms. The molecule has 1 heterocycles. The minimum atomic E-state index is 0.541. The highest BCUT2D eigenvalue weighted by Crippen LogP contribution is 2.11. The Bertz CT molecular complexity index is 484. The maximum absolute atomic E-state index is 5.67. The van der Waals surface area contributed by atoms with Crippen molar-refractivity contribution in [2.24, 2.45) is 5.73 Å². The van der Waals surface area contributed by atoms with E-state index < -0.39 is 0 Å². The fourth-order valence-corrected chi connectivity index (χ4v) is 1.71. The maximum atomic E-state index is 5.67. The van der Waals surface area contributed by atoms with Gasteiger partial charge in [-0.05, 0) is 27.1 Å². The van der Waals surface area contributed by atoms with Crippen molar-refractivity contribution in [3.63, 3.8) is 0 Å². The van der Waals surface area contributed by atoms with Crippen molar-refractivity contribution in [2.45, 2.75) is 13.1 Å². The highest BCUT2D eigenvalue weighted by atomic mass is 79.9. The summed E-state index contributed by atoms with van der Waals surface area (Å²) in [5, 5.41) is 3.16. The lowest BCUT2D eigenvalue weighted by Gasteiger charge is -2.08. The molecular formula is C12H13BrN4. The van der Waals surface area contributed by atoms with Crippen LogP contribution in [0.2, 0.25) is 0 Å². The summed E-state index contributed by atoms with van der Waals surface area (Å²) in [6, 6.07) is 8.06. The fraction of sp³-hybridized carbons (Fsp3) is 0.167. The number of halogens is 1. The van der Waals surface area contributed by atoms with E-state index in [0.717, 1.165) is 10.0 Å². The second-order valence-corrected chi connectivity index (χ2v) is 4.47. The van der Waals surface area contributed by atoms with E-state index in [2.05, 4.69) is 31.2 Å². The minimum absolute atomic E-state index is 0.541. The highest BCUT2D eigenvalue weighted by molar-refractivity contribution is 9.10. The smallest absolute Gasteiger partial charge is 0.222 e. The van der Waals surface area contributed by atoms with Gasteiger partial charge in [0.15, 0.2) is 0 Å². The minimum Gasteiger partial charge on any atom is -0.350 e. The Labute approximate surface area is 108 Å². The van der Waals surface area contributed by atoms with Crippen LogP contribution in [-0.2, 0) is 13.1 Å². The Hall–Kier alpha value is -1.46. The van der Waals surface area contributed by atoms with Gasteiger partial charge in [0.1, 0.15) is 0 Å². The van der Waals surface area contributed by atoms with Gasteiger partial charge in [0.2, 0.25) is 5.95 Å². The molecule has 1 aromatic heterocycles. The van der Waals surface area contributed by atoms with E-state index in [4.69, 9.17) is 5.73 Å². The summed E-state index contributed by atoms with van der Waals surface area (Å²) < 4.78 is 0.866. The number of nitrogens with one attached hydrogen (secondary N) is 1. The van der Waals surface area contributed by atoms with E-state index >= 15 is 0 Å². The van der Waals surface area contributed by atoms with E-state index in [-0.39, 0.29) is 0 Å². The van der Waals surface area contributed by atoms with Crippen LogP contribution in [0.15, 0.2) is 41.1 Å². The van der Waals surface area contributed by atoms with Crippen LogP contribution < -0.4 is 11.1 Å². The van der Waals surface area contributed by atoms with Gasteiger partial charge >= 0.3 is 0 Å². The summed E-state index contributed by atoms with van der Waals surface area (Å²) in [7, 11) is 0. The fourth-order valence-electron chi connectivity index (χ4n) is 1.51. The summed E-state index contributed by atoms with van der Waals surface area (Å²) in [6.45, 7) is 1.22. The van der Waals surface area contributed by atoms with Gasteiger partial charge in [-0.15, -0.1) is 0 Å². The zero-order valence-corrected chi connectivity index (χ0v) is 10.8. The van der Waals surface area contributed by atoms with Crippen molar-refractivity contribution in [2.75, 3.05) is 5.32 Å². The molecule has 0 saturated carbocycles. The zero-order valence-electron chi connectivity index (χ0n) is 9.23. The standard InChI is InChI=1S/C12H13BrN4/c13-11-7-16-12(17-8-11)15-6-10-4-2-1-3-9(10)5-14/h1-4,7-8H,5-6,14H2,(H,15,16,17). The van der Waals surface area contributed by atoms with Gasteiger partial charge in [0, 0.05) is 25.5 Å². The zero-order chi connectivity index (χ0) is 12.1. The van der Waals surface area contributed by atoms with Gasteiger partial charge in [-0.3, -0.25) is 0 Å². The average Bonchev–Trinajstić information content (AvgIpc) is 2.38. The molecule has 1 aromatic carbocycles. The molecule has 3 N–H and O–H groups in total. The molecule has 0 aliphatic heterocycles. The first-order chi connectivity index (χ1) is 8.29. The van der Waals surface area contributed by atoms with Gasteiger partial charge in [-0.1, -0.05) is 24.3 Å². The third-order valence-corrected chi connectivity index (χ3v) is 2.81. The van der Waals surface area contributed by atoms with Crippen molar-refractivity contribution in [1.82, 2.24) is 9.97 Å². The lowest BCUT2D eigenvalue weighted by atomic mass is 10.1. The van der Waals surface area contributed by atoms with E-state index in [0.29, 0.717) is 19.0 Å². The molecule has 0 saturated heterocycles. The van der Waals surface area contributed by atoms with Gasteiger partial charge in [0.05, 0.1) is 4.47 Å². The number of hydrogen-bond acceptors (Lipinski definition) is 4. The number of anilines is 1. The summed E-state index contributed by atoms with van der Waals surface area (Å²) in [6.07, 6.45) is 3.42. The molecule has 0 amide bonds. The van der Waals surface area contributed by atoms with Crippen molar-refractivity contribution >= 4 is 21.9 Å². The monoisotopic (exact) mass is 292 g/mol. The number of aromatic nitrogens is 2. The predicted molar refractivity (Wildman–Crippen MR) is 71.4 cm³/mol. The molecule has 0 unspecified atom stereocenters. The number of rotatable bonds is 4. The Kier molecular flexibility index (Phi) is 4.06. The Morgan fingerprint density at radius 1 is 1.12 bits per heavy atom. The Morgan fingerprint density at radius 2 is 1.76 bits per heavy atom. The van der Waals surface area contributed by atoms with Crippen molar-refractivity contribution < 1.29 is 0 Å². The molecule has 88 valence electrons. The normalized spacial score (nSPS) is 10.2. The molecular weight excluding hydrogens is 280 g/mol. The van der Waals surface area contributed by atoms with E-state index in [1.807, 2.05) is 24.3 Å². The van der Waals surface area contributed by atoms with Crippen molar-refractivity contribution in [3.05, 3.63) is 52.3 Å². The Balaban J connectivity index is 2.04. The van der Waals surface area contributed by atoms with E-state index in [1.54, 1.807) is 12.4 Å². The second kappa shape index (κ2) is 5.75. The van der Waals surface area contributed by atoms with E-state index in [9.17, 15) is 0 Å². The third kappa shape index (κ3) is 3.25. The van der Waals surface area contributed by atoms with Crippen molar-refractivity contribution in [1.29, 1.82) is 0 Å². The molecule has 0 spiro atoms. The lowest BCUT2D eigenvalue weighted by Crippen LogP contribution is -2.07. The molecule has 0 bridgehead atoms. The molecule has 4 nitrogen and oxygen atoms in total. The highest BCUT2D eigenvalue weighted by Gasteiger charge is 2.00. The summed E-state index contributed by atoms with van der Waals surface area (Å²) in [4.78, 5) is 8.30. The van der Waals surface area contributed by atoms with Crippen molar-refractivity contribution in [3.8, 4) is 0 Å². The first-order valence-electron chi connectivity index (χ1n) is 5.28. The molecule has 0 aliphatic carbocycles. The molecule has 0 fully saturated rings. The van der Waals surface area contributed by atoms with Crippen LogP contribution >= 0.6 is 15.9 Å². The lowest BCUT2D eigenvalue weighted by molar-refractivity contribution is 0.987. The van der Waals surface area contributed by atoms with Gasteiger partial charge < -0.3 is 11.1 Å². The molecule has 0 aliphatic rings. The topological polar surface area (TPSA) is 63.8 Å². The van der Waals surface area contributed by atoms with Crippen LogP contribution in [0.3, 0.4) is 0 Å². The van der Waals surface area contributed by atoms with E-state index in [1.165, 1.54) is 5.56 Å². The number of nitrogens with two attached hydrogens (primary N) is 1. The molecule has 2 rings (SSSR count). The first kappa shape index (κ1) is 12.0. The Morgan fingerprint density at radius 3 is 2.41 bits per heavy atom. The van der Waals surface area contributed by atoms with Crippen LogP contribution in [0.25, 0.3) is 0 Å². The maximum Gasteiger partial charge on any atom is 0.222 e. The van der Waals surface area contributed by atoms with Crippen LogP contribution in [0.5, 0.6) is 0 Å². The largest absolute Gasteiger partial charge is 0.350 e. The molecule has 0 atom stereocenters. The summed E-state index contributed by atoms with van der Waals surface area (Å²) >= 11 is 3.29. The molecule has 2 aromatic rings. The van der Waals surface area contributed by atoms with Gasteiger partial charge in [-0.2, -0.15) is 0 Å². The van der Waals surface area contributed by atoms with Crippen LogP contribution in [-0.4, -0.2) is 9.97 Å². The summed E-state index contributed by atoms with van der Waals surface area (Å²) in [5.41, 5.74) is 7.98. The summed E-state index contributed by atoms with van der Waals surface area (Å²) in [5.74, 6) is 0.611. The van der Waals surface area contributed by atoms with Crippen LogP contribution in [0, 0.1) is 0 Å². The number of hydrogen-bond donors (Lipinski definition) is 2. The molecule has 17 heavy (non-hydrogen) atoms. The number of nitrogens with zero attached hydrogens (tertiary/aromatic N) is 2. The molecule has 0 radical (unpaired) electrons. The third-order valence-electron chi connectivity index (χ3n) is 2.40. The first-order valence-corrected chi connectivity index (χ1v) is 6.07. The van der Waals surface area contributed by atoms with Gasteiger partial charge in [-0.25, -0.2) is 9.97 Å². The van der Waals surface area contributed by atoms with Crippen LogP contribution in [0.4, 0.5) is 5.95 Å². The SMILES string of the molecule is NCc1ccccc1CNc1ncc(Br)cn1. The average molecular weight is 293 g/mol. The number of benzene rings is 1. The van der Waals surface area contributed by atoms with Crippen LogP contribution in [0.1, 0.15) is 11.1 Å². The second-order valence-electron chi connectivity index (χ2n) is 3.55.